The van der Waals surface area contributed by atoms with Crippen molar-refractivity contribution in [2.75, 3.05) is 6.61 Å². The molecule has 0 spiro atoms. The lowest BCUT2D eigenvalue weighted by Crippen LogP contribution is -2.36. The minimum Gasteiger partial charge on any atom is -0.493 e. The fourth-order valence-corrected chi connectivity index (χ4v) is 3.23. The molecule has 0 saturated carbocycles. The SMILES string of the molecule is CC(=O)N[C@@H](CC(=O)N[C@@H]1CCOc2ccccc21)c1ccc(C)cc1. The summed E-state index contributed by atoms with van der Waals surface area (Å²) >= 11 is 0. The Balaban J connectivity index is 1.70. The molecule has 2 aromatic carbocycles. The van der Waals surface area contributed by atoms with E-state index in [0.29, 0.717) is 6.61 Å². The van der Waals surface area contributed by atoms with Crippen molar-refractivity contribution in [1.82, 2.24) is 10.6 Å². The van der Waals surface area contributed by atoms with Crippen LogP contribution in [0.1, 0.15) is 48.5 Å². The van der Waals surface area contributed by atoms with Crippen LogP contribution in [0, 0.1) is 6.92 Å². The maximum Gasteiger partial charge on any atom is 0.222 e. The number of amides is 2. The number of nitrogens with one attached hydrogen (secondary N) is 2. The van der Waals surface area contributed by atoms with E-state index in [1.807, 2.05) is 55.5 Å². The number of fused-ring (bicyclic) bond motifs is 1. The van der Waals surface area contributed by atoms with Crippen LogP contribution in [0.3, 0.4) is 0 Å². The van der Waals surface area contributed by atoms with E-state index in [9.17, 15) is 9.59 Å². The summed E-state index contributed by atoms with van der Waals surface area (Å²) in [6, 6.07) is 15.2. The van der Waals surface area contributed by atoms with E-state index in [1.165, 1.54) is 6.92 Å². The molecular formula is C21H24N2O3. The van der Waals surface area contributed by atoms with E-state index in [0.717, 1.165) is 28.9 Å². The van der Waals surface area contributed by atoms with Gasteiger partial charge in [0.2, 0.25) is 11.8 Å². The van der Waals surface area contributed by atoms with Gasteiger partial charge in [0.1, 0.15) is 5.75 Å². The molecular weight excluding hydrogens is 328 g/mol. The van der Waals surface area contributed by atoms with Gasteiger partial charge in [-0.2, -0.15) is 0 Å². The van der Waals surface area contributed by atoms with Crippen LogP contribution in [0.4, 0.5) is 0 Å². The molecule has 0 fully saturated rings. The summed E-state index contributed by atoms with van der Waals surface area (Å²) in [7, 11) is 0. The minimum atomic E-state index is -0.344. The van der Waals surface area contributed by atoms with Crippen LogP contribution in [0.5, 0.6) is 5.75 Å². The molecule has 1 aliphatic rings. The number of rotatable bonds is 5. The first-order chi connectivity index (χ1) is 12.5. The van der Waals surface area contributed by atoms with Crippen molar-refractivity contribution >= 4 is 11.8 Å². The zero-order valence-electron chi connectivity index (χ0n) is 15.1. The standard InChI is InChI=1S/C21H24N2O3/c1-14-7-9-16(10-8-14)19(22-15(2)24)13-21(25)23-18-11-12-26-20-6-4-3-5-17(18)20/h3-10,18-19H,11-13H2,1-2H3,(H,22,24)(H,23,25)/t18-,19+/m1/s1. The van der Waals surface area contributed by atoms with Gasteiger partial charge in [-0.15, -0.1) is 0 Å². The fourth-order valence-electron chi connectivity index (χ4n) is 3.23. The number of aryl methyl sites for hydroxylation is 1. The van der Waals surface area contributed by atoms with Crippen LogP contribution in [-0.2, 0) is 9.59 Å². The maximum absolute atomic E-state index is 12.7. The van der Waals surface area contributed by atoms with Crippen LogP contribution < -0.4 is 15.4 Å². The van der Waals surface area contributed by atoms with Gasteiger partial charge < -0.3 is 15.4 Å². The highest BCUT2D eigenvalue weighted by molar-refractivity contribution is 5.79. The lowest BCUT2D eigenvalue weighted by Gasteiger charge is -2.27. The van der Waals surface area contributed by atoms with E-state index in [2.05, 4.69) is 10.6 Å². The highest BCUT2D eigenvalue weighted by Crippen LogP contribution is 2.31. The first-order valence-electron chi connectivity index (χ1n) is 8.87. The molecule has 2 aromatic rings. The second-order valence-corrected chi connectivity index (χ2v) is 6.66. The Morgan fingerprint density at radius 3 is 2.62 bits per heavy atom. The normalized spacial score (nSPS) is 16.8. The van der Waals surface area contributed by atoms with Gasteiger partial charge in [-0.25, -0.2) is 0 Å². The van der Waals surface area contributed by atoms with Gasteiger partial charge in [0.25, 0.3) is 0 Å². The monoisotopic (exact) mass is 352 g/mol. The number of para-hydroxylation sites is 1. The molecule has 136 valence electrons. The van der Waals surface area contributed by atoms with Crippen LogP contribution in [0.2, 0.25) is 0 Å². The van der Waals surface area contributed by atoms with Crippen LogP contribution >= 0.6 is 0 Å². The molecule has 0 saturated heterocycles. The van der Waals surface area contributed by atoms with Crippen LogP contribution in [0.25, 0.3) is 0 Å². The van der Waals surface area contributed by atoms with Gasteiger partial charge in [-0.1, -0.05) is 48.0 Å². The Labute approximate surface area is 153 Å². The number of benzene rings is 2. The summed E-state index contributed by atoms with van der Waals surface area (Å²) < 4.78 is 5.64. The maximum atomic E-state index is 12.7. The number of carbonyl (C=O) groups excluding carboxylic acids is 2. The number of hydrogen-bond donors (Lipinski definition) is 2. The highest BCUT2D eigenvalue weighted by Gasteiger charge is 2.24. The van der Waals surface area contributed by atoms with Crippen molar-refractivity contribution in [2.24, 2.45) is 0 Å². The average Bonchev–Trinajstić information content (AvgIpc) is 2.62. The number of carbonyl (C=O) groups is 2. The van der Waals surface area contributed by atoms with Gasteiger partial charge >= 0.3 is 0 Å². The summed E-state index contributed by atoms with van der Waals surface area (Å²) in [5, 5.41) is 5.97. The molecule has 1 heterocycles. The largest absolute Gasteiger partial charge is 0.493 e. The second-order valence-electron chi connectivity index (χ2n) is 6.66. The summed E-state index contributed by atoms with van der Waals surface area (Å²) in [4.78, 5) is 24.2. The first kappa shape index (κ1) is 18.0. The number of ether oxygens (including phenoxy) is 1. The van der Waals surface area contributed by atoms with Gasteiger partial charge in [0.05, 0.1) is 25.1 Å². The predicted octanol–water partition coefficient (Wildman–Crippen LogP) is 3.20. The first-order valence-corrected chi connectivity index (χ1v) is 8.87. The lowest BCUT2D eigenvalue weighted by molar-refractivity contribution is -0.123. The van der Waals surface area contributed by atoms with E-state index in [1.54, 1.807) is 0 Å². The molecule has 5 heteroatoms. The molecule has 1 aliphatic heterocycles. The fraction of sp³-hybridized carbons (Fsp3) is 0.333. The molecule has 3 rings (SSSR count). The molecule has 2 N–H and O–H groups in total. The zero-order chi connectivity index (χ0) is 18.5. The third-order valence-electron chi connectivity index (χ3n) is 4.54. The van der Waals surface area contributed by atoms with Crippen LogP contribution in [0.15, 0.2) is 48.5 Å². The van der Waals surface area contributed by atoms with Crippen molar-refractivity contribution in [3.63, 3.8) is 0 Å². The summed E-state index contributed by atoms with van der Waals surface area (Å²) in [5.74, 6) is 0.576. The molecule has 0 radical (unpaired) electrons. The molecule has 0 aromatic heterocycles. The molecule has 5 nitrogen and oxygen atoms in total. The Hall–Kier alpha value is -2.82. The smallest absolute Gasteiger partial charge is 0.222 e. The van der Waals surface area contributed by atoms with E-state index in [-0.39, 0.29) is 30.3 Å². The molecule has 26 heavy (non-hydrogen) atoms. The Kier molecular flexibility index (Phi) is 5.56. The average molecular weight is 352 g/mol. The Bertz CT molecular complexity index is 786. The van der Waals surface area contributed by atoms with Crippen molar-refractivity contribution in [3.8, 4) is 5.75 Å². The van der Waals surface area contributed by atoms with Crippen molar-refractivity contribution in [2.45, 2.75) is 38.8 Å². The van der Waals surface area contributed by atoms with Gasteiger partial charge in [-0.3, -0.25) is 9.59 Å². The van der Waals surface area contributed by atoms with Gasteiger partial charge in [0, 0.05) is 18.9 Å². The Morgan fingerprint density at radius 2 is 1.88 bits per heavy atom. The Morgan fingerprint density at radius 1 is 1.15 bits per heavy atom. The molecule has 2 amide bonds. The summed E-state index contributed by atoms with van der Waals surface area (Å²) in [6.45, 7) is 4.05. The van der Waals surface area contributed by atoms with Crippen molar-refractivity contribution < 1.29 is 14.3 Å². The lowest BCUT2D eigenvalue weighted by atomic mass is 9.99. The third kappa shape index (κ3) is 4.42. The van der Waals surface area contributed by atoms with E-state index in [4.69, 9.17) is 4.74 Å². The number of hydrogen-bond acceptors (Lipinski definition) is 3. The summed E-state index contributed by atoms with van der Waals surface area (Å²) in [6.07, 6.45) is 0.931. The molecule has 0 aliphatic carbocycles. The zero-order valence-corrected chi connectivity index (χ0v) is 15.1. The molecule has 0 unspecified atom stereocenters. The van der Waals surface area contributed by atoms with Crippen molar-refractivity contribution in [1.29, 1.82) is 0 Å². The van der Waals surface area contributed by atoms with Crippen molar-refractivity contribution in [3.05, 3.63) is 65.2 Å². The highest BCUT2D eigenvalue weighted by atomic mass is 16.5. The van der Waals surface area contributed by atoms with Gasteiger partial charge in [-0.05, 0) is 18.6 Å². The van der Waals surface area contributed by atoms with Gasteiger partial charge in [0.15, 0.2) is 0 Å². The minimum absolute atomic E-state index is 0.0663. The molecule has 0 bridgehead atoms. The second kappa shape index (κ2) is 8.04. The third-order valence-corrected chi connectivity index (χ3v) is 4.54. The predicted molar refractivity (Wildman–Crippen MR) is 99.8 cm³/mol. The van der Waals surface area contributed by atoms with E-state index >= 15 is 0 Å². The molecule has 2 atom stereocenters. The quantitative estimate of drug-likeness (QED) is 0.868. The topological polar surface area (TPSA) is 67.4 Å². The van der Waals surface area contributed by atoms with E-state index < -0.39 is 0 Å². The summed E-state index contributed by atoms with van der Waals surface area (Å²) in [5.41, 5.74) is 3.06. The van der Waals surface area contributed by atoms with Crippen LogP contribution in [-0.4, -0.2) is 18.4 Å².